The lowest BCUT2D eigenvalue weighted by Gasteiger charge is -2.26. The summed E-state index contributed by atoms with van der Waals surface area (Å²) in [4.78, 5) is 14.0. The van der Waals surface area contributed by atoms with Gasteiger partial charge >= 0.3 is 0 Å². The van der Waals surface area contributed by atoms with Gasteiger partial charge in [-0.25, -0.2) is 4.98 Å². The average Bonchev–Trinajstić information content (AvgIpc) is 3.04. The largest absolute Gasteiger partial charge is 0.398 e. The Morgan fingerprint density at radius 1 is 1.10 bits per heavy atom. The Labute approximate surface area is 170 Å². The van der Waals surface area contributed by atoms with Crippen molar-refractivity contribution in [1.82, 2.24) is 19.5 Å². The second kappa shape index (κ2) is 7.87. The predicted octanol–water partition coefficient (Wildman–Crippen LogP) is 2.59. The van der Waals surface area contributed by atoms with Crippen LogP contribution in [0.15, 0.2) is 18.2 Å². The monoisotopic (exact) mass is 394 g/mol. The van der Waals surface area contributed by atoms with E-state index in [9.17, 15) is 0 Å². The standard InChI is InChI=1S/C21H30N8/c1-3-29-17(11-13-10-12(2)4-9-16(13)23)26-18-19(24)27-21(28-20(18)29)25-15-7-5-14(22)6-8-15/h4,9-10,14-15H,3,5-8,11,22-23H2,1-2H3,(H3,24,25,27,28). The number of nitrogen functional groups attached to an aromatic ring is 2. The van der Waals surface area contributed by atoms with Gasteiger partial charge in [0.1, 0.15) is 5.82 Å². The van der Waals surface area contributed by atoms with Gasteiger partial charge in [-0.1, -0.05) is 17.7 Å². The van der Waals surface area contributed by atoms with Crippen LogP contribution in [0.2, 0.25) is 0 Å². The van der Waals surface area contributed by atoms with Gasteiger partial charge in [-0.05, 0) is 51.2 Å². The number of benzene rings is 1. The first-order valence-corrected chi connectivity index (χ1v) is 10.3. The van der Waals surface area contributed by atoms with Crippen LogP contribution in [-0.2, 0) is 13.0 Å². The van der Waals surface area contributed by atoms with Gasteiger partial charge in [-0.3, -0.25) is 0 Å². The van der Waals surface area contributed by atoms with Crippen molar-refractivity contribution in [3.63, 3.8) is 0 Å². The van der Waals surface area contributed by atoms with Gasteiger partial charge in [-0.2, -0.15) is 9.97 Å². The SMILES string of the molecule is CCn1c(Cc2cc(C)ccc2N)nc2c(N)nc(NC3CCC(N)CC3)nc21. The number of nitrogens with two attached hydrogens (primary N) is 3. The molecule has 29 heavy (non-hydrogen) atoms. The number of anilines is 3. The quantitative estimate of drug-likeness (QED) is 0.489. The third kappa shape index (κ3) is 3.98. The average molecular weight is 395 g/mol. The maximum Gasteiger partial charge on any atom is 0.226 e. The van der Waals surface area contributed by atoms with Crippen LogP contribution in [0.4, 0.5) is 17.5 Å². The van der Waals surface area contributed by atoms with Crippen molar-refractivity contribution in [2.45, 2.75) is 64.6 Å². The number of aryl methyl sites for hydroxylation is 2. The van der Waals surface area contributed by atoms with Crippen molar-refractivity contribution >= 4 is 28.6 Å². The lowest BCUT2D eigenvalue weighted by Crippen LogP contribution is -2.33. The zero-order valence-corrected chi connectivity index (χ0v) is 17.2. The van der Waals surface area contributed by atoms with Gasteiger partial charge in [0.2, 0.25) is 5.95 Å². The van der Waals surface area contributed by atoms with E-state index in [4.69, 9.17) is 27.2 Å². The first kappa shape index (κ1) is 19.4. The number of hydrogen-bond acceptors (Lipinski definition) is 7. The maximum absolute atomic E-state index is 6.26. The lowest BCUT2D eigenvalue weighted by molar-refractivity contribution is 0.410. The molecular formula is C21H30N8. The molecule has 8 heteroatoms. The Morgan fingerprint density at radius 3 is 2.59 bits per heavy atom. The molecule has 0 spiro atoms. The summed E-state index contributed by atoms with van der Waals surface area (Å²) in [7, 11) is 0. The molecule has 0 unspecified atom stereocenters. The molecule has 0 saturated heterocycles. The Hall–Kier alpha value is -2.87. The van der Waals surface area contributed by atoms with Crippen LogP contribution in [0.5, 0.6) is 0 Å². The molecule has 1 aromatic carbocycles. The summed E-state index contributed by atoms with van der Waals surface area (Å²) in [6, 6.07) is 6.69. The summed E-state index contributed by atoms with van der Waals surface area (Å²) < 4.78 is 2.09. The van der Waals surface area contributed by atoms with Crippen LogP contribution in [0.1, 0.15) is 49.6 Å². The van der Waals surface area contributed by atoms with E-state index < -0.39 is 0 Å². The number of rotatable bonds is 5. The summed E-state index contributed by atoms with van der Waals surface area (Å²) in [5.41, 5.74) is 22.8. The molecule has 8 nitrogen and oxygen atoms in total. The fraction of sp³-hybridized carbons (Fsp3) is 0.476. The first-order chi connectivity index (χ1) is 13.9. The van der Waals surface area contributed by atoms with Crippen molar-refractivity contribution < 1.29 is 0 Å². The van der Waals surface area contributed by atoms with Gasteiger partial charge in [0.25, 0.3) is 0 Å². The Bertz CT molecular complexity index is 1020. The van der Waals surface area contributed by atoms with Gasteiger partial charge < -0.3 is 27.1 Å². The van der Waals surface area contributed by atoms with Crippen molar-refractivity contribution in [1.29, 1.82) is 0 Å². The molecular weight excluding hydrogens is 364 g/mol. The van der Waals surface area contributed by atoms with Crippen LogP contribution in [0.25, 0.3) is 11.2 Å². The summed E-state index contributed by atoms with van der Waals surface area (Å²) in [6.45, 7) is 4.88. The van der Waals surface area contributed by atoms with Gasteiger partial charge in [0, 0.05) is 30.7 Å². The summed E-state index contributed by atoms with van der Waals surface area (Å²) in [5, 5.41) is 3.44. The highest BCUT2D eigenvalue weighted by Crippen LogP contribution is 2.26. The molecule has 1 aliphatic carbocycles. The van der Waals surface area contributed by atoms with Crippen molar-refractivity contribution in [3.8, 4) is 0 Å². The normalized spacial score (nSPS) is 19.6. The van der Waals surface area contributed by atoms with E-state index >= 15 is 0 Å². The van der Waals surface area contributed by atoms with Crippen LogP contribution in [0.3, 0.4) is 0 Å². The molecule has 1 fully saturated rings. The van der Waals surface area contributed by atoms with Gasteiger partial charge in [0.05, 0.1) is 0 Å². The minimum absolute atomic E-state index is 0.305. The number of hydrogen-bond donors (Lipinski definition) is 4. The third-order valence-corrected chi connectivity index (χ3v) is 5.77. The Balaban J connectivity index is 1.67. The van der Waals surface area contributed by atoms with Gasteiger partial charge in [-0.15, -0.1) is 0 Å². The molecule has 0 radical (unpaired) electrons. The van der Waals surface area contributed by atoms with Crippen LogP contribution in [-0.4, -0.2) is 31.6 Å². The minimum atomic E-state index is 0.305. The highest BCUT2D eigenvalue weighted by molar-refractivity contribution is 5.83. The smallest absolute Gasteiger partial charge is 0.226 e. The lowest BCUT2D eigenvalue weighted by atomic mass is 9.92. The molecule has 0 atom stereocenters. The Morgan fingerprint density at radius 2 is 1.86 bits per heavy atom. The fourth-order valence-electron chi connectivity index (χ4n) is 4.10. The zero-order valence-electron chi connectivity index (χ0n) is 17.2. The van der Waals surface area contributed by atoms with Crippen LogP contribution < -0.4 is 22.5 Å². The molecule has 2 heterocycles. The predicted molar refractivity (Wildman–Crippen MR) is 118 cm³/mol. The van der Waals surface area contributed by atoms with E-state index in [2.05, 4.69) is 34.8 Å². The summed E-state index contributed by atoms with van der Waals surface area (Å²) >= 11 is 0. The van der Waals surface area contributed by atoms with Gasteiger partial charge in [0.15, 0.2) is 17.0 Å². The van der Waals surface area contributed by atoms with Crippen molar-refractivity contribution in [2.24, 2.45) is 5.73 Å². The third-order valence-electron chi connectivity index (χ3n) is 5.77. The summed E-state index contributed by atoms with van der Waals surface area (Å²) in [5.74, 6) is 1.85. The number of aromatic nitrogens is 4. The zero-order chi connectivity index (χ0) is 20.5. The number of fused-ring (bicyclic) bond motifs is 1. The molecule has 1 saturated carbocycles. The molecule has 154 valence electrons. The maximum atomic E-state index is 6.26. The highest BCUT2D eigenvalue weighted by atomic mass is 15.2. The van der Waals surface area contributed by atoms with Crippen molar-refractivity contribution in [2.75, 3.05) is 16.8 Å². The van der Waals surface area contributed by atoms with E-state index in [-0.39, 0.29) is 0 Å². The van der Waals surface area contributed by atoms with E-state index in [1.54, 1.807) is 0 Å². The van der Waals surface area contributed by atoms with Crippen LogP contribution in [0, 0.1) is 6.92 Å². The molecule has 0 bridgehead atoms. The van der Waals surface area contributed by atoms with Crippen molar-refractivity contribution in [3.05, 3.63) is 35.2 Å². The first-order valence-electron chi connectivity index (χ1n) is 10.3. The highest BCUT2D eigenvalue weighted by Gasteiger charge is 2.21. The van der Waals surface area contributed by atoms with Crippen LogP contribution >= 0.6 is 0 Å². The topological polar surface area (TPSA) is 134 Å². The minimum Gasteiger partial charge on any atom is -0.398 e. The number of nitrogens with zero attached hydrogens (tertiary/aromatic N) is 4. The number of imidazole rings is 1. The molecule has 0 amide bonds. The fourth-order valence-corrected chi connectivity index (χ4v) is 4.10. The molecule has 1 aliphatic rings. The van der Waals surface area contributed by atoms with E-state index in [0.717, 1.165) is 55.0 Å². The molecule has 3 aromatic rings. The molecule has 4 rings (SSSR count). The second-order valence-electron chi connectivity index (χ2n) is 8.01. The molecule has 7 N–H and O–H groups in total. The number of nitrogens with one attached hydrogen (secondary N) is 1. The Kier molecular flexibility index (Phi) is 5.27. The van der Waals surface area contributed by atoms with E-state index in [1.165, 1.54) is 5.56 Å². The summed E-state index contributed by atoms with van der Waals surface area (Å²) in [6.07, 6.45) is 4.70. The van der Waals surface area contributed by atoms with E-state index in [0.29, 0.717) is 35.8 Å². The molecule has 2 aromatic heterocycles. The second-order valence-corrected chi connectivity index (χ2v) is 8.01. The molecule has 0 aliphatic heterocycles. The van der Waals surface area contributed by atoms with E-state index in [1.807, 2.05) is 12.1 Å².